The van der Waals surface area contributed by atoms with Crippen molar-refractivity contribution in [2.45, 2.75) is 12.8 Å². The van der Waals surface area contributed by atoms with Gasteiger partial charge in [-0.2, -0.15) is 0 Å². The Morgan fingerprint density at radius 3 is 2.81 bits per heavy atom. The zero-order chi connectivity index (χ0) is 15.2. The summed E-state index contributed by atoms with van der Waals surface area (Å²) in [5.74, 6) is -0.400. The van der Waals surface area contributed by atoms with Crippen molar-refractivity contribution in [1.82, 2.24) is 4.98 Å². The van der Waals surface area contributed by atoms with Crippen LogP contribution in [0.2, 0.25) is 0 Å². The second kappa shape index (κ2) is 5.14. The van der Waals surface area contributed by atoms with Gasteiger partial charge in [0, 0.05) is 16.1 Å². The van der Waals surface area contributed by atoms with Crippen LogP contribution in [0.4, 0.5) is 0 Å². The molecule has 5 nitrogen and oxygen atoms in total. The Bertz CT molecular complexity index is 825. The number of aromatic carboxylic acids is 1. The molecule has 0 radical (unpaired) electrons. The molecule has 1 aromatic carbocycles. The zero-order valence-electron chi connectivity index (χ0n) is 11.1. The van der Waals surface area contributed by atoms with E-state index in [0.29, 0.717) is 22.8 Å². The molecule has 0 aliphatic carbocycles. The van der Waals surface area contributed by atoms with Crippen LogP contribution in [0, 0.1) is 5.92 Å². The molecule has 2 N–H and O–H groups in total. The molecule has 1 fully saturated rings. The quantitative estimate of drug-likeness (QED) is 0.867. The third-order valence-corrected chi connectivity index (χ3v) is 6.20. The third-order valence-electron chi connectivity index (χ3n) is 3.91. The molecule has 1 saturated heterocycles. The van der Waals surface area contributed by atoms with Gasteiger partial charge in [-0.25, -0.2) is 13.2 Å². The summed E-state index contributed by atoms with van der Waals surface area (Å²) in [6.45, 7) is 0. The van der Waals surface area contributed by atoms with Crippen LogP contribution in [0.1, 0.15) is 22.3 Å². The molecule has 1 atom stereocenters. The summed E-state index contributed by atoms with van der Waals surface area (Å²) in [5, 5.41) is 10.1. The largest absolute Gasteiger partial charge is 0.478 e. The molecule has 0 saturated carbocycles. The monoisotopic (exact) mass is 371 g/mol. The van der Waals surface area contributed by atoms with Crippen LogP contribution < -0.4 is 0 Å². The topological polar surface area (TPSA) is 87.2 Å². The SMILES string of the molecule is O=C(O)c1cc(Br)cc2c(CC3CCS(=O)(=O)C3)c[nH]c12. The van der Waals surface area contributed by atoms with Gasteiger partial charge in [-0.05, 0) is 36.5 Å². The summed E-state index contributed by atoms with van der Waals surface area (Å²) in [5.41, 5.74) is 1.77. The molecule has 0 bridgehead atoms. The normalized spacial score (nSPS) is 20.9. The maximum Gasteiger partial charge on any atom is 0.337 e. The number of carboxylic acid groups (broad SMARTS) is 1. The number of hydrogen-bond donors (Lipinski definition) is 2. The molecular weight excluding hydrogens is 358 g/mol. The summed E-state index contributed by atoms with van der Waals surface area (Å²) in [6, 6.07) is 3.43. The van der Waals surface area contributed by atoms with Crippen LogP contribution in [-0.4, -0.2) is 36.0 Å². The Kier molecular flexibility index (Phi) is 3.57. The predicted octanol–water partition coefficient (Wildman–Crippen LogP) is 2.61. The fourth-order valence-corrected chi connectivity index (χ4v) is 5.25. The van der Waals surface area contributed by atoms with E-state index >= 15 is 0 Å². The van der Waals surface area contributed by atoms with Crippen LogP contribution in [0.25, 0.3) is 10.9 Å². The Morgan fingerprint density at radius 1 is 1.43 bits per heavy atom. The number of nitrogens with one attached hydrogen (secondary N) is 1. The van der Waals surface area contributed by atoms with Crippen LogP contribution in [0.15, 0.2) is 22.8 Å². The number of sulfone groups is 1. The van der Waals surface area contributed by atoms with Gasteiger partial charge in [-0.15, -0.1) is 0 Å². The molecular formula is C14H14BrNO4S. The number of H-pyrrole nitrogens is 1. The van der Waals surface area contributed by atoms with Crippen molar-refractivity contribution in [3.05, 3.63) is 33.9 Å². The average molecular weight is 372 g/mol. The minimum Gasteiger partial charge on any atom is -0.478 e. The first-order valence-electron chi connectivity index (χ1n) is 6.59. The van der Waals surface area contributed by atoms with Crippen LogP contribution >= 0.6 is 15.9 Å². The maximum atomic E-state index is 11.5. The molecule has 21 heavy (non-hydrogen) atoms. The molecule has 112 valence electrons. The summed E-state index contributed by atoms with van der Waals surface area (Å²) in [4.78, 5) is 14.3. The fourth-order valence-electron chi connectivity index (χ4n) is 2.93. The van der Waals surface area contributed by atoms with Crippen molar-refractivity contribution in [1.29, 1.82) is 0 Å². The van der Waals surface area contributed by atoms with Crippen LogP contribution in [-0.2, 0) is 16.3 Å². The molecule has 0 spiro atoms. The van der Waals surface area contributed by atoms with Gasteiger partial charge >= 0.3 is 5.97 Å². The molecule has 1 unspecified atom stereocenters. The Balaban J connectivity index is 1.99. The van der Waals surface area contributed by atoms with E-state index in [1.165, 1.54) is 0 Å². The first kappa shape index (κ1) is 14.6. The standard InChI is InChI=1S/C14H14BrNO4S/c15-10-4-11-9(3-8-1-2-21(19,20)7-8)6-16-13(11)12(5-10)14(17)18/h4-6,8,16H,1-3,7H2,(H,17,18). The second-order valence-electron chi connectivity index (χ2n) is 5.47. The Labute approximate surface area is 130 Å². The van der Waals surface area contributed by atoms with Crippen molar-refractivity contribution >= 4 is 42.6 Å². The predicted molar refractivity (Wildman–Crippen MR) is 83.4 cm³/mol. The first-order valence-corrected chi connectivity index (χ1v) is 9.20. The molecule has 2 heterocycles. The Morgan fingerprint density at radius 2 is 2.19 bits per heavy atom. The lowest BCUT2D eigenvalue weighted by Crippen LogP contribution is -2.07. The first-order chi connectivity index (χ1) is 9.85. The lowest BCUT2D eigenvalue weighted by Gasteiger charge is -2.07. The van der Waals surface area contributed by atoms with Crippen molar-refractivity contribution in [3.8, 4) is 0 Å². The van der Waals surface area contributed by atoms with Crippen molar-refractivity contribution in [2.24, 2.45) is 5.92 Å². The number of hydrogen-bond acceptors (Lipinski definition) is 3. The summed E-state index contributed by atoms with van der Waals surface area (Å²) in [6.07, 6.45) is 3.11. The van der Waals surface area contributed by atoms with Crippen LogP contribution in [0.5, 0.6) is 0 Å². The fraction of sp³-hybridized carbons (Fsp3) is 0.357. The molecule has 1 aliphatic heterocycles. The minimum absolute atomic E-state index is 0.112. The van der Waals surface area contributed by atoms with Gasteiger partial charge in [0.2, 0.25) is 0 Å². The van der Waals surface area contributed by atoms with Gasteiger partial charge in [0.25, 0.3) is 0 Å². The number of benzene rings is 1. The second-order valence-corrected chi connectivity index (χ2v) is 8.61. The van der Waals surface area contributed by atoms with E-state index in [2.05, 4.69) is 20.9 Å². The van der Waals surface area contributed by atoms with Gasteiger partial charge < -0.3 is 10.1 Å². The highest BCUT2D eigenvalue weighted by Crippen LogP contribution is 2.30. The summed E-state index contributed by atoms with van der Waals surface area (Å²) < 4.78 is 23.8. The maximum absolute atomic E-state index is 11.5. The molecule has 3 rings (SSSR count). The van der Waals surface area contributed by atoms with Gasteiger partial charge in [-0.3, -0.25) is 0 Å². The molecule has 1 aliphatic rings. The number of aromatic nitrogens is 1. The van der Waals surface area contributed by atoms with E-state index in [4.69, 9.17) is 0 Å². The minimum atomic E-state index is -2.90. The smallest absolute Gasteiger partial charge is 0.337 e. The number of aromatic amines is 1. The summed E-state index contributed by atoms with van der Waals surface area (Å²) >= 11 is 3.33. The number of halogens is 1. The molecule has 7 heteroatoms. The lowest BCUT2D eigenvalue weighted by atomic mass is 9.98. The highest BCUT2D eigenvalue weighted by Gasteiger charge is 2.28. The van der Waals surface area contributed by atoms with E-state index in [1.54, 1.807) is 12.3 Å². The highest BCUT2D eigenvalue weighted by molar-refractivity contribution is 9.10. The van der Waals surface area contributed by atoms with Gasteiger partial charge in [0.1, 0.15) is 0 Å². The number of carbonyl (C=O) groups is 1. The molecule has 0 amide bonds. The van der Waals surface area contributed by atoms with Crippen molar-refractivity contribution in [3.63, 3.8) is 0 Å². The van der Waals surface area contributed by atoms with E-state index < -0.39 is 15.8 Å². The number of fused-ring (bicyclic) bond motifs is 1. The van der Waals surface area contributed by atoms with Gasteiger partial charge in [0.15, 0.2) is 9.84 Å². The van der Waals surface area contributed by atoms with E-state index in [-0.39, 0.29) is 23.0 Å². The molecule has 1 aromatic heterocycles. The van der Waals surface area contributed by atoms with Crippen LogP contribution in [0.3, 0.4) is 0 Å². The van der Waals surface area contributed by atoms with E-state index in [1.807, 2.05) is 6.07 Å². The van der Waals surface area contributed by atoms with Crippen molar-refractivity contribution in [2.75, 3.05) is 11.5 Å². The highest BCUT2D eigenvalue weighted by atomic mass is 79.9. The third kappa shape index (κ3) is 2.85. The zero-order valence-corrected chi connectivity index (χ0v) is 13.5. The van der Waals surface area contributed by atoms with Crippen molar-refractivity contribution < 1.29 is 18.3 Å². The van der Waals surface area contributed by atoms with E-state index in [9.17, 15) is 18.3 Å². The summed E-state index contributed by atoms with van der Waals surface area (Å²) in [7, 11) is -2.90. The number of carboxylic acids is 1. The average Bonchev–Trinajstić information content (AvgIpc) is 2.93. The van der Waals surface area contributed by atoms with E-state index in [0.717, 1.165) is 10.9 Å². The Hall–Kier alpha value is -1.34. The lowest BCUT2D eigenvalue weighted by molar-refractivity contribution is 0.0698. The van der Waals surface area contributed by atoms with Gasteiger partial charge in [0.05, 0.1) is 22.6 Å². The number of rotatable bonds is 3. The molecule has 2 aromatic rings. The van der Waals surface area contributed by atoms with Gasteiger partial charge in [-0.1, -0.05) is 15.9 Å².